The van der Waals surface area contributed by atoms with Crippen molar-refractivity contribution in [1.82, 2.24) is 15.5 Å². The molecule has 0 aromatic carbocycles. The number of carbonyl (C=O) groups is 1. The Balaban J connectivity index is 0.00000200. The Bertz CT molecular complexity index is 355. The molecule has 1 amide bonds. The molecule has 1 aliphatic carbocycles. The topological polar surface area (TPSA) is 56.7 Å². The minimum Gasteiger partial charge on any atom is -0.356 e. The lowest BCUT2D eigenvalue weighted by Gasteiger charge is -2.20. The molecule has 5 nitrogen and oxygen atoms in total. The summed E-state index contributed by atoms with van der Waals surface area (Å²) in [6.45, 7) is 6.58. The van der Waals surface area contributed by atoms with Gasteiger partial charge in [0.05, 0.1) is 0 Å². The van der Waals surface area contributed by atoms with E-state index in [4.69, 9.17) is 0 Å². The van der Waals surface area contributed by atoms with Gasteiger partial charge in [-0.05, 0) is 25.2 Å². The lowest BCUT2D eigenvalue weighted by atomic mass is 10.2. The fourth-order valence-corrected chi connectivity index (χ4v) is 2.39. The van der Waals surface area contributed by atoms with E-state index in [-0.39, 0.29) is 35.8 Å². The van der Waals surface area contributed by atoms with Crippen LogP contribution in [-0.4, -0.2) is 49.5 Å². The molecule has 0 bridgehead atoms. The van der Waals surface area contributed by atoms with Gasteiger partial charge in [0.2, 0.25) is 5.91 Å². The Kier molecular flexibility index (Phi) is 7.05. The molecule has 0 aromatic rings. The van der Waals surface area contributed by atoms with Crippen molar-refractivity contribution in [2.24, 2.45) is 16.8 Å². The van der Waals surface area contributed by atoms with Crippen molar-refractivity contribution in [3.05, 3.63) is 0 Å². The van der Waals surface area contributed by atoms with Crippen molar-refractivity contribution >= 4 is 35.8 Å². The maximum atomic E-state index is 11.9. The Hall–Kier alpha value is -0.530. The zero-order valence-electron chi connectivity index (χ0n) is 12.7. The number of likely N-dealkylation sites (tertiary alicyclic amines) is 1. The molecule has 2 fully saturated rings. The summed E-state index contributed by atoms with van der Waals surface area (Å²) in [5, 5.41) is 6.78. The Morgan fingerprint density at radius 1 is 1.35 bits per heavy atom. The quantitative estimate of drug-likeness (QED) is 0.431. The van der Waals surface area contributed by atoms with Crippen LogP contribution < -0.4 is 10.6 Å². The van der Waals surface area contributed by atoms with Crippen LogP contribution >= 0.6 is 24.0 Å². The maximum Gasteiger partial charge on any atom is 0.225 e. The SMILES string of the molecule is CN=C(NCC1CC1)NC1CCN(C(=O)C(C)C)C1.I. The smallest absolute Gasteiger partial charge is 0.225 e. The number of carbonyl (C=O) groups excluding carboxylic acids is 1. The van der Waals surface area contributed by atoms with Gasteiger partial charge in [0.15, 0.2) is 5.96 Å². The first-order valence-electron chi connectivity index (χ1n) is 7.36. The Morgan fingerprint density at radius 3 is 2.60 bits per heavy atom. The molecule has 2 N–H and O–H groups in total. The van der Waals surface area contributed by atoms with Gasteiger partial charge >= 0.3 is 0 Å². The number of hydrogen-bond donors (Lipinski definition) is 2. The van der Waals surface area contributed by atoms with E-state index in [1.807, 2.05) is 18.7 Å². The molecule has 6 heteroatoms. The summed E-state index contributed by atoms with van der Waals surface area (Å²) < 4.78 is 0. The molecule has 1 atom stereocenters. The number of rotatable bonds is 4. The van der Waals surface area contributed by atoms with Crippen molar-refractivity contribution in [2.75, 3.05) is 26.7 Å². The normalized spacial score (nSPS) is 22.7. The van der Waals surface area contributed by atoms with Gasteiger partial charge < -0.3 is 15.5 Å². The summed E-state index contributed by atoms with van der Waals surface area (Å²) in [6, 6.07) is 0.327. The third-order valence-electron chi connectivity index (χ3n) is 3.81. The van der Waals surface area contributed by atoms with Crippen LogP contribution in [-0.2, 0) is 4.79 Å². The van der Waals surface area contributed by atoms with Gasteiger partial charge in [-0.2, -0.15) is 0 Å². The van der Waals surface area contributed by atoms with Crippen molar-refractivity contribution in [1.29, 1.82) is 0 Å². The number of hydrogen-bond acceptors (Lipinski definition) is 2. The molecular weight excluding hydrogens is 367 g/mol. The van der Waals surface area contributed by atoms with Crippen molar-refractivity contribution in [3.63, 3.8) is 0 Å². The second-order valence-corrected chi connectivity index (χ2v) is 5.97. The van der Waals surface area contributed by atoms with Gasteiger partial charge in [-0.1, -0.05) is 13.8 Å². The van der Waals surface area contributed by atoms with Gasteiger partial charge in [-0.25, -0.2) is 0 Å². The first-order chi connectivity index (χ1) is 9.10. The molecule has 1 unspecified atom stereocenters. The van der Waals surface area contributed by atoms with Crippen LogP contribution in [0.4, 0.5) is 0 Å². The van der Waals surface area contributed by atoms with E-state index >= 15 is 0 Å². The molecule has 2 aliphatic rings. The zero-order chi connectivity index (χ0) is 13.8. The van der Waals surface area contributed by atoms with Crippen LogP contribution in [0.5, 0.6) is 0 Å². The van der Waals surface area contributed by atoms with Crippen LogP contribution in [0.25, 0.3) is 0 Å². The summed E-state index contributed by atoms with van der Waals surface area (Å²) >= 11 is 0. The number of nitrogens with one attached hydrogen (secondary N) is 2. The van der Waals surface area contributed by atoms with Crippen LogP contribution in [0.15, 0.2) is 4.99 Å². The fraction of sp³-hybridized carbons (Fsp3) is 0.857. The van der Waals surface area contributed by atoms with Gasteiger partial charge in [-0.3, -0.25) is 9.79 Å². The summed E-state index contributed by atoms with van der Waals surface area (Å²) in [7, 11) is 1.80. The van der Waals surface area contributed by atoms with E-state index in [2.05, 4.69) is 15.6 Å². The highest BCUT2D eigenvalue weighted by molar-refractivity contribution is 14.0. The average Bonchev–Trinajstić information content (AvgIpc) is 3.11. The first-order valence-corrected chi connectivity index (χ1v) is 7.36. The lowest BCUT2D eigenvalue weighted by Crippen LogP contribution is -2.45. The van der Waals surface area contributed by atoms with Crippen molar-refractivity contribution in [3.8, 4) is 0 Å². The Labute approximate surface area is 139 Å². The van der Waals surface area contributed by atoms with E-state index in [0.717, 1.165) is 37.9 Å². The Morgan fingerprint density at radius 2 is 2.05 bits per heavy atom. The number of halogens is 1. The summed E-state index contributed by atoms with van der Waals surface area (Å²) in [5.74, 6) is 2.05. The van der Waals surface area contributed by atoms with Crippen molar-refractivity contribution in [2.45, 2.75) is 39.2 Å². The largest absolute Gasteiger partial charge is 0.356 e. The van der Waals surface area contributed by atoms with E-state index < -0.39 is 0 Å². The number of guanidine groups is 1. The third kappa shape index (κ3) is 5.10. The van der Waals surface area contributed by atoms with Crippen LogP contribution in [0.2, 0.25) is 0 Å². The van der Waals surface area contributed by atoms with E-state index in [9.17, 15) is 4.79 Å². The highest BCUT2D eigenvalue weighted by atomic mass is 127. The molecule has 1 aliphatic heterocycles. The van der Waals surface area contributed by atoms with Gasteiger partial charge in [0, 0.05) is 38.6 Å². The van der Waals surface area contributed by atoms with Crippen molar-refractivity contribution < 1.29 is 4.79 Å². The molecule has 1 saturated carbocycles. The molecule has 0 radical (unpaired) electrons. The van der Waals surface area contributed by atoms with Gasteiger partial charge in [0.25, 0.3) is 0 Å². The second-order valence-electron chi connectivity index (χ2n) is 5.97. The number of nitrogens with zero attached hydrogens (tertiary/aromatic N) is 2. The van der Waals surface area contributed by atoms with E-state index in [0.29, 0.717) is 6.04 Å². The molecule has 1 heterocycles. The average molecular weight is 394 g/mol. The van der Waals surface area contributed by atoms with Gasteiger partial charge in [-0.15, -0.1) is 24.0 Å². The predicted octanol–water partition coefficient (Wildman–Crippen LogP) is 1.44. The molecule has 0 spiro atoms. The number of amides is 1. The second kappa shape index (κ2) is 8.05. The monoisotopic (exact) mass is 394 g/mol. The summed E-state index contributed by atoms with van der Waals surface area (Å²) in [6.07, 6.45) is 3.68. The predicted molar refractivity (Wildman–Crippen MR) is 92.5 cm³/mol. The minimum atomic E-state index is 0. The van der Waals surface area contributed by atoms with E-state index in [1.54, 1.807) is 7.05 Å². The molecule has 116 valence electrons. The highest BCUT2D eigenvalue weighted by Crippen LogP contribution is 2.27. The first kappa shape index (κ1) is 17.5. The highest BCUT2D eigenvalue weighted by Gasteiger charge is 2.28. The molecular formula is C14H27IN4O. The molecule has 0 aromatic heterocycles. The van der Waals surface area contributed by atoms with Crippen LogP contribution in [0.1, 0.15) is 33.1 Å². The standard InChI is InChI=1S/C14H26N4O.HI/c1-10(2)13(19)18-7-6-12(9-18)17-14(15-3)16-8-11-4-5-11;/h10-12H,4-9H2,1-3H3,(H2,15,16,17);1H. The van der Waals surface area contributed by atoms with E-state index in [1.165, 1.54) is 12.8 Å². The summed E-state index contributed by atoms with van der Waals surface area (Å²) in [5.41, 5.74) is 0. The summed E-state index contributed by atoms with van der Waals surface area (Å²) in [4.78, 5) is 18.1. The fourth-order valence-electron chi connectivity index (χ4n) is 2.39. The third-order valence-corrected chi connectivity index (χ3v) is 3.81. The molecule has 1 saturated heterocycles. The zero-order valence-corrected chi connectivity index (χ0v) is 15.0. The van der Waals surface area contributed by atoms with Gasteiger partial charge in [0.1, 0.15) is 0 Å². The maximum absolute atomic E-state index is 11.9. The molecule has 2 rings (SSSR count). The van der Waals surface area contributed by atoms with Crippen LogP contribution in [0, 0.1) is 11.8 Å². The number of aliphatic imine (C=N–C) groups is 1. The van der Waals surface area contributed by atoms with Crippen LogP contribution in [0.3, 0.4) is 0 Å². The lowest BCUT2D eigenvalue weighted by molar-refractivity contribution is -0.133. The minimum absolute atomic E-state index is 0. The molecule has 20 heavy (non-hydrogen) atoms.